The van der Waals surface area contributed by atoms with Gasteiger partial charge in [-0.05, 0) is 31.6 Å². The van der Waals surface area contributed by atoms with Crippen LogP contribution in [-0.2, 0) is 65.4 Å². The van der Waals surface area contributed by atoms with Crippen molar-refractivity contribution in [1.29, 1.82) is 0 Å². The van der Waals surface area contributed by atoms with Crippen molar-refractivity contribution in [3.05, 3.63) is 0 Å². The number of hydrogen-bond donors (Lipinski definition) is 3. The lowest BCUT2D eigenvalue weighted by Crippen LogP contribution is -2.30. The fourth-order valence-electron chi connectivity index (χ4n) is 9.41. The van der Waals surface area contributed by atoms with Crippen LogP contribution in [0.3, 0.4) is 0 Å². The molecule has 19 heteroatoms. The molecule has 0 rings (SSSR count). The summed E-state index contributed by atoms with van der Waals surface area (Å²) in [6.07, 6.45) is 41.3. The summed E-state index contributed by atoms with van der Waals surface area (Å²) in [6.45, 7) is 6.98. The standard InChI is InChI=1S/C63H122O17P2/c1-6-9-12-15-16-17-18-19-20-21-22-23-24-25-26-27-30-34-39-44-49-63(68)80-59(53-74-61(66)47-42-38-33-31-28-29-32-37-40-45-56(4)5)55-78-82(71,72)76-51-57(64)50-75-81(69,70)77-54-58(79-62(67)48-43-36-14-11-8-3)52-73-60(65)46-41-35-13-10-7-2/h56-59,64H,6-55H2,1-5H3,(H,69,70)(H,71,72)/t57-,58+,59+/m0/s1. The lowest BCUT2D eigenvalue weighted by atomic mass is 10.0. The molecule has 0 amide bonds. The molecule has 17 nitrogen and oxygen atoms in total. The molecule has 0 fully saturated rings. The van der Waals surface area contributed by atoms with E-state index in [4.69, 9.17) is 37.0 Å². The summed E-state index contributed by atoms with van der Waals surface area (Å²) in [5.74, 6) is -1.41. The number of aliphatic hydroxyl groups excluding tert-OH is 1. The minimum atomic E-state index is -4.94. The molecule has 3 N–H and O–H groups in total. The molecule has 5 atom stereocenters. The highest BCUT2D eigenvalue weighted by Gasteiger charge is 2.30. The van der Waals surface area contributed by atoms with Crippen LogP contribution in [0.2, 0.25) is 0 Å². The Morgan fingerprint density at radius 2 is 0.561 bits per heavy atom. The molecule has 0 aromatic heterocycles. The smallest absolute Gasteiger partial charge is 0.462 e. The number of phosphoric ester groups is 2. The van der Waals surface area contributed by atoms with Crippen molar-refractivity contribution in [1.82, 2.24) is 0 Å². The predicted octanol–water partition coefficient (Wildman–Crippen LogP) is 17.4. The minimum Gasteiger partial charge on any atom is -0.462 e. The van der Waals surface area contributed by atoms with E-state index in [1.54, 1.807) is 0 Å². The lowest BCUT2D eigenvalue weighted by Gasteiger charge is -2.21. The van der Waals surface area contributed by atoms with Crippen LogP contribution in [0.5, 0.6) is 0 Å². The van der Waals surface area contributed by atoms with Crippen LogP contribution in [0.1, 0.15) is 317 Å². The number of hydrogen-bond acceptors (Lipinski definition) is 15. The Kier molecular flexibility index (Phi) is 55.5. The summed E-state index contributed by atoms with van der Waals surface area (Å²) in [5.41, 5.74) is 0. The maximum Gasteiger partial charge on any atom is 0.472 e. The Bertz CT molecular complexity index is 1600. The largest absolute Gasteiger partial charge is 0.472 e. The van der Waals surface area contributed by atoms with Crippen LogP contribution < -0.4 is 0 Å². The van der Waals surface area contributed by atoms with E-state index in [2.05, 4.69) is 34.6 Å². The van der Waals surface area contributed by atoms with Crippen LogP contribution in [0.25, 0.3) is 0 Å². The lowest BCUT2D eigenvalue weighted by molar-refractivity contribution is -0.161. The van der Waals surface area contributed by atoms with Gasteiger partial charge in [0.15, 0.2) is 12.2 Å². The first-order chi connectivity index (χ1) is 39.5. The molecule has 0 spiro atoms. The molecule has 0 radical (unpaired) electrons. The van der Waals surface area contributed by atoms with Crippen molar-refractivity contribution >= 4 is 39.5 Å². The van der Waals surface area contributed by atoms with Gasteiger partial charge in [-0.3, -0.25) is 37.3 Å². The number of unbranched alkanes of at least 4 members (excludes halogenated alkanes) is 35. The average Bonchev–Trinajstić information content (AvgIpc) is 3.45. The van der Waals surface area contributed by atoms with Crippen LogP contribution in [-0.4, -0.2) is 96.7 Å². The zero-order valence-electron chi connectivity index (χ0n) is 52.6. The van der Waals surface area contributed by atoms with Gasteiger partial charge in [0.25, 0.3) is 0 Å². The normalized spacial score (nSPS) is 14.3. The Hall–Kier alpha value is -1.94. The number of aliphatic hydroxyl groups is 1. The Balaban J connectivity index is 5.05. The van der Waals surface area contributed by atoms with Crippen LogP contribution in [0, 0.1) is 5.92 Å². The molecule has 486 valence electrons. The van der Waals surface area contributed by atoms with Gasteiger partial charge in [-0.15, -0.1) is 0 Å². The molecular formula is C63H122O17P2. The molecule has 0 aromatic rings. The number of rotatable bonds is 63. The van der Waals surface area contributed by atoms with Crippen molar-refractivity contribution in [2.75, 3.05) is 39.6 Å². The second-order valence-electron chi connectivity index (χ2n) is 23.3. The first-order valence-corrected chi connectivity index (χ1v) is 36.1. The number of ether oxygens (including phenoxy) is 4. The van der Waals surface area contributed by atoms with E-state index in [0.29, 0.717) is 25.7 Å². The van der Waals surface area contributed by atoms with E-state index in [1.807, 2.05) is 0 Å². The van der Waals surface area contributed by atoms with E-state index in [0.717, 1.165) is 102 Å². The molecular weight excluding hydrogens is 1090 g/mol. The van der Waals surface area contributed by atoms with E-state index >= 15 is 0 Å². The summed E-state index contributed by atoms with van der Waals surface area (Å²) in [7, 11) is -9.86. The SMILES string of the molecule is CCCCCCCCCCCCCCCCCCCCCCC(=O)O[C@H](COC(=O)CCCCCCCCCCCC(C)C)COP(=O)(O)OC[C@@H](O)COP(=O)(O)OC[C@@H](COC(=O)CCCCCCC)OC(=O)CCCCCCC. The van der Waals surface area contributed by atoms with E-state index in [1.165, 1.54) is 135 Å². The zero-order valence-corrected chi connectivity index (χ0v) is 54.4. The van der Waals surface area contributed by atoms with Crippen molar-refractivity contribution in [2.45, 2.75) is 335 Å². The highest BCUT2D eigenvalue weighted by molar-refractivity contribution is 7.47. The van der Waals surface area contributed by atoms with Crippen LogP contribution >= 0.6 is 15.6 Å². The molecule has 0 aliphatic carbocycles. The molecule has 0 aliphatic rings. The summed E-state index contributed by atoms with van der Waals surface area (Å²) in [5, 5.41) is 10.5. The summed E-state index contributed by atoms with van der Waals surface area (Å²) in [4.78, 5) is 71.6. The number of carbonyl (C=O) groups is 4. The number of carbonyl (C=O) groups excluding carboxylic acids is 4. The Labute approximate surface area is 498 Å². The Morgan fingerprint density at radius 3 is 0.829 bits per heavy atom. The number of phosphoric acid groups is 2. The maximum atomic E-state index is 13.0. The van der Waals surface area contributed by atoms with Crippen molar-refractivity contribution in [3.63, 3.8) is 0 Å². The fraction of sp³-hybridized carbons (Fsp3) is 0.937. The molecule has 0 bridgehead atoms. The molecule has 0 aromatic carbocycles. The van der Waals surface area contributed by atoms with Crippen molar-refractivity contribution < 1.29 is 80.2 Å². The highest BCUT2D eigenvalue weighted by atomic mass is 31.2. The van der Waals surface area contributed by atoms with Gasteiger partial charge in [-0.2, -0.15) is 0 Å². The number of esters is 4. The fourth-order valence-corrected chi connectivity index (χ4v) is 11.0. The third-order valence-corrected chi connectivity index (χ3v) is 16.4. The molecule has 0 saturated carbocycles. The van der Waals surface area contributed by atoms with Crippen molar-refractivity contribution in [2.24, 2.45) is 5.92 Å². The third kappa shape index (κ3) is 57.2. The zero-order chi connectivity index (χ0) is 60.6. The molecule has 0 aliphatic heterocycles. The summed E-state index contributed by atoms with van der Waals surface area (Å²) in [6, 6.07) is 0. The van der Waals surface area contributed by atoms with E-state index in [9.17, 15) is 43.2 Å². The summed E-state index contributed by atoms with van der Waals surface area (Å²) >= 11 is 0. The van der Waals surface area contributed by atoms with Gasteiger partial charge in [0.05, 0.1) is 26.4 Å². The van der Waals surface area contributed by atoms with Gasteiger partial charge in [0.1, 0.15) is 19.3 Å². The van der Waals surface area contributed by atoms with Crippen LogP contribution in [0.15, 0.2) is 0 Å². The summed E-state index contributed by atoms with van der Waals surface area (Å²) < 4.78 is 67.5. The Morgan fingerprint density at radius 1 is 0.329 bits per heavy atom. The topological polar surface area (TPSA) is 237 Å². The van der Waals surface area contributed by atoms with E-state index < -0.39 is 97.5 Å². The van der Waals surface area contributed by atoms with E-state index in [-0.39, 0.29) is 25.7 Å². The van der Waals surface area contributed by atoms with Gasteiger partial charge in [0, 0.05) is 25.7 Å². The molecule has 82 heavy (non-hydrogen) atoms. The highest BCUT2D eigenvalue weighted by Crippen LogP contribution is 2.45. The first kappa shape index (κ1) is 80.1. The van der Waals surface area contributed by atoms with Crippen molar-refractivity contribution in [3.8, 4) is 0 Å². The second kappa shape index (κ2) is 56.8. The predicted molar refractivity (Wildman–Crippen MR) is 326 cm³/mol. The molecule has 0 heterocycles. The monoisotopic (exact) mass is 1210 g/mol. The van der Waals surface area contributed by atoms with Gasteiger partial charge in [0.2, 0.25) is 0 Å². The minimum absolute atomic E-state index is 0.0988. The van der Waals surface area contributed by atoms with Gasteiger partial charge in [-0.1, -0.05) is 266 Å². The molecule has 0 saturated heterocycles. The molecule has 2 unspecified atom stereocenters. The third-order valence-electron chi connectivity index (χ3n) is 14.5. The first-order valence-electron chi connectivity index (χ1n) is 33.1. The second-order valence-corrected chi connectivity index (χ2v) is 26.2. The van der Waals surface area contributed by atoms with Gasteiger partial charge in [-0.25, -0.2) is 9.13 Å². The maximum absolute atomic E-state index is 13.0. The average molecular weight is 1210 g/mol. The van der Waals surface area contributed by atoms with Gasteiger partial charge < -0.3 is 33.8 Å². The van der Waals surface area contributed by atoms with Gasteiger partial charge >= 0.3 is 39.5 Å². The quantitative estimate of drug-likeness (QED) is 0.0222. The van der Waals surface area contributed by atoms with Crippen LogP contribution in [0.4, 0.5) is 0 Å².